The average molecular weight is 288 g/mol. The average Bonchev–Trinajstić information content (AvgIpc) is 2.31. The van der Waals surface area contributed by atoms with Crippen LogP contribution in [-0.2, 0) is 0 Å². The molecular weight excluding hydrogens is 284 g/mol. The molecule has 0 atom stereocenters. The molecule has 6 heteroatoms. The molecule has 0 N–H and O–H groups in total. The molecule has 0 saturated carbocycles. The van der Waals surface area contributed by atoms with E-state index in [0.29, 0.717) is 19.6 Å². The molecular formula is C12H4F4S2. The summed E-state index contributed by atoms with van der Waals surface area (Å²) >= 11 is 2.19. The Bertz CT molecular complexity index is 544. The van der Waals surface area contributed by atoms with E-state index in [-0.39, 0.29) is 0 Å². The third kappa shape index (κ3) is 1.89. The Labute approximate surface area is 108 Å². The minimum atomic E-state index is -0.951. The van der Waals surface area contributed by atoms with Gasteiger partial charge in [-0.25, -0.2) is 17.6 Å². The quantitative estimate of drug-likeness (QED) is 0.542. The maximum absolute atomic E-state index is 13.1. The zero-order valence-electron chi connectivity index (χ0n) is 8.64. The molecule has 0 bridgehead atoms. The van der Waals surface area contributed by atoms with Crippen molar-refractivity contribution in [2.45, 2.75) is 19.6 Å². The minimum Gasteiger partial charge on any atom is -0.204 e. The number of halogens is 4. The lowest BCUT2D eigenvalue weighted by molar-refractivity contribution is 0.500. The lowest BCUT2D eigenvalue weighted by atomic mass is 10.3. The molecule has 18 heavy (non-hydrogen) atoms. The van der Waals surface area contributed by atoms with Gasteiger partial charge in [-0.2, -0.15) is 0 Å². The molecule has 92 valence electrons. The molecule has 1 aliphatic heterocycles. The molecule has 0 spiro atoms. The van der Waals surface area contributed by atoms with Crippen molar-refractivity contribution in [3.63, 3.8) is 0 Å². The van der Waals surface area contributed by atoms with Gasteiger partial charge >= 0.3 is 0 Å². The van der Waals surface area contributed by atoms with Gasteiger partial charge in [-0.05, 0) is 24.3 Å². The normalized spacial score (nSPS) is 13.1. The highest BCUT2D eigenvalue weighted by Crippen LogP contribution is 2.49. The predicted octanol–water partition coefficient (Wildman–Crippen LogP) is 4.86. The van der Waals surface area contributed by atoms with Crippen molar-refractivity contribution in [3.05, 3.63) is 47.5 Å². The van der Waals surface area contributed by atoms with Crippen molar-refractivity contribution in [2.75, 3.05) is 0 Å². The van der Waals surface area contributed by atoms with Gasteiger partial charge < -0.3 is 0 Å². The molecule has 0 aromatic heterocycles. The van der Waals surface area contributed by atoms with Crippen molar-refractivity contribution < 1.29 is 17.6 Å². The summed E-state index contributed by atoms with van der Waals surface area (Å²) in [5, 5.41) is 0. The fourth-order valence-corrected chi connectivity index (χ4v) is 3.84. The van der Waals surface area contributed by atoms with Gasteiger partial charge in [-0.3, -0.25) is 0 Å². The van der Waals surface area contributed by atoms with Gasteiger partial charge in [0.15, 0.2) is 23.3 Å². The van der Waals surface area contributed by atoms with E-state index >= 15 is 0 Å². The molecule has 1 heterocycles. The largest absolute Gasteiger partial charge is 0.204 e. The second kappa shape index (κ2) is 4.20. The number of hydrogen-bond acceptors (Lipinski definition) is 2. The summed E-state index contributed by atoms with van der Waals surface area (Å²) in [6.45, 7) is 0. The van der Waals surface area contributed by atoms with E-state index < -0.39 is 23.3 Å². The lowest BCUT2D eigenvalue weighted by Crippen LogP contribution is -1.95. The summed E-state index contributed by atoms with van der Waals surface area (Å²) < 4.78 is 52.4. The minimum absolute atomic E-state index is 0.498. The van der Waals surface area contributed by atoms with Crippen LogP contribution in [0, 0.1) is 23.3 Å². The van der Waals surface area contributed by atoms with E-state index in [4.69, 9.17) is 0 Å². The van der Waals surface area contributed by atoms with Crippen LogP contribution in [0.1, 0.15) is 0 Å². The number of rotatable bonds is 0. The molecule has 0 radical (unpaired) electrons. The van der Waals surface area contributed by atoms with Crippen molar-refractivity contribution in [3.8, 4) is 0 Å². The molecule has 3 rings (SSSR count). The van der Waals surface area contributed by atoms with Gasteiger partial charge in [-0.15, -0.1) is 0 Å². The van der Waals surface area contributed by atoms with Gasteiger partial charge in [-0.1, -0.05) is 23.5 Å². The Morgan fingerprint density at radius 2 is 0.722 bits per heavy atom. The highest BCUT2D eigenvalue weighted by Gasteiger charge is 2.21. The predicted molar refractivity (Wildman–Crippen MR) is 61.0 cm³/mol. The van der Waals surface area contributed by atoms with Crippen LogP contribution >= 0.6 is 23.5 Å². The van der Waals surface area contributed by atoms with Crippen LogP contribution in [0.15, 0.2) is 43.8 Å². The van der Waals surface area contributed by atoms with Gasteiger partial charge in [0.25, 0.3) is 0 Å². The van der Waals surface area contributed by atoms with Crippen LogP contribution < -0.4 is 0 Å². The van der Waals surface area contributed by atoms with Crippen molar-refractivity contribution in [2.24, 2.45) is 0 Å². The second-order valence-electron chi connectivity index (χ2n) is 3.63. The SMILES string of the molecule is Fc1cc2c(cc1F)Sc1cc(F)c(F)cc1S2. The first-order valence-corrected chi connectivity index (χ1v) is 6.51. The lowest BCUT2D eigenvalue weighted by Gasteiger charge is -2.18. The highest BCUT2D eigenvalue weighted by atomic mass is 32.2. The fourth-order valence-electron chi connectivity index (χ4n) is 1.58. The van der Waals surface area contributed by atoms with E-state index in [9.17, 15) is 17.6 Å². The van der Waals surface area contributed by atoms with Crippen LogP contribution in [-0.4, -0.2) is 0 Å². The third-order valence-corrected chi connectivity index (χ3v) is 4.90. The van der Waals surface area contributed by atoms with E-state index in [1.807, 2.05) is 0 Å². The van der Waals surface area contributed by atoms with Gasteiger partial charge in [0.2, 0.25) is 0 Å². The summed E-state index contributed by atoms with van der Waals surface area (Å²) in [5.41, 5.74) is 0. The first-order chi connectivity index (χ1) is 8.54. The smallest absolute Gasteiger partial charge is 0.160 e. The molecule has 0 unspecified atom stereocenters. The summed E-state index contributed by atoms with van der Waals surface area (Å²) in [4.78, 5) is 1.99. The van der Waals surface area contributed by atoms with Crippen molar-refractivity contribution >= 4 is 23.5 Å². The Balaban J connectivity index is 2.12. The fraction of sp³-hybridized carbons (Fsp3) is 0. The first kappa shape index (κ1) is 11.9. The zero-order chi connectivity index (χ0) is 12.9. The van der Waals surface area contributed by atoms with Crippen LogP contribution in [0.2, 0.25) is 0 Å². The second-order valence-corrected chi connectivity index (χ2v) is 5.80. The topological polar surface area (TPSA) is 0 Å². The maximum atomic E-state index is 13.1. The summed E-state index contributed by atoms with van der Waals surface area (Å²) in [6, 6.07) is 4.25. The number of hydrogen-bond donors (Lipinski definition) is 0. The van der Waals surface area contributed by atoms with Crippen LogP contribution in [0.5, 0.6) is 0 Å². The van der Waals surface area contributed by atoms with Gasteiger partial charge in [0.1, 0.15) is 0 Å². The molecule has 0 aliphatic carbocycles. The highest BCUT2D eigenvalue weighted by molar-refractivity contribution is 8.05. The van der Waals surface area contributed by atoms with Gasteiger partial charge in [0.05, 0.1) is 0 Å². The van der Waals surface area contributed by atoms with E-state index in [2.05, 4.69) is 0 Å². The molecule has 0 amide bonds. The maximum Gasteiger partial charge on any atom is 0.160 e. The van der Waals surface area contributed by atoms with E-state index in [0.717, 1.165) is 47.8 Å². The summed E-state index contributed by atoms with van der Waals surface area (Å²) in [7, 11) is 0. The van der Waals surface area contributed by atoms with Gasteiger partial charge in [0, 0.05) is 19.6 Å². The Morgan fingerprint density at radius 1 is 0.500 bits per heavy atom. The Kier molecular flexibility index (Phi) is 2.79. The number of fused-ring (bicyclic) bond motifs is 2. The third-order valence-electron chi connectivity index (χ3n) is 2.41. The van der Waals surface area contributed by atoms with Crippen LogP contribution in [0.3, 0.4) is 0 Å². The van der Waals surface area contributed by atoms with Crippen LogP contribution in [0.25, 0.3) is 0 Å². The Morgan fingerprint density at radius 3 is 0.944 bits per heavy atom. The molecule has 2 aromatic rings. The summed E-state index contributed by atoms with van der Waals surface area (Å²) in [5.74, 6) is -3.80. The number of benzene rings is 2. The molecule has 2 aromatic carbocycles. The first-order valence-electron chi connectivity index (χ1n) is 4.88. The van der Waals surface area contributed by atoms with E-state index in [1.54, 1.807) is 0 Å². The van der Waals surface area contributed by atoms with Crippen LogP contribution in [0.4, 0.5) is 17.6 Å². The molecule has 0 nitrogen and oxygen atoms in total. The Hall–Kier alpha value is -1.14. The van der Waals surface area contributed by atoms with Crippen molar-refractivity contribution in [1.82, 2.24) is 0 Å². The van der Waals surface area contributed by atoms with Crippen molar-refractivity contribution in [1.29, 1.82) is 0 Å². The molecule has 0 saturated heterocycles. The zero-order valence-corrected chi connectivity index (χ0v) is 10.3. The molecule has 1 aliphatic rings. The summed E-state index contributed by atoms with van der Waals surface area (Å²) in [6.07, 6.45) is 0. The van der Waals surface area contributed by atoms with E-state index in [1.165, 1.54) is 0 Å². The standard InChI is InChI=1S/C12H4F4S2/c13-5-1-9-10(2-6(5)14)18-12-4-8(16)7(15)3-11(12)17-9/h1-4H. The monoisotopic (exact) mass is 288 g/mol. The molecule has 0 fully saturated rings.